The zero-order chi connectivity index (χ0) is 20.0. The Bertz CT molecular complexity index is 1260. The first-order valence-electron chi connectivity index (χ1n) is 9.66. The second kappa shape index (κ2) is 7.39. The molecule has 0 amide bonds. The Morgan fingerprint density at radius 1 is 1.14 bits per heavy atom. The molecule has 1 aliphatic carbocycles. The first kappa shape index (κ1) is 18.5. The molecule has 2 aromatic heterocycles. The van der Waals surface area contributed by atoms with Gasteiger partial charge in [0.25, 0.3) is 5.56 Å². The topological polar surface area (TPSA) is 39.8 Å². The average Bonchev–Trinajstić information content (AvgIpc) is 3.50. The molecule has 0 radical (unpaired) electrons. The molecule has 0 atom stereocenters. The predicted molar refractivity (Wildman–Crippen MR) is 120 cm³/mol. The molecule has 0 unspecified atom stereocenters. The minimum Gasteiger partial charge on any atom is -0.344 e. The smallest absolute Gasteiger partial charge is 0.278 e. The van der Waals surface area contributed by atoms with Gasteiger partial charge in [-0.15, -0.1) is 0 Å². The van der Waals surface area contributed by atoms with Gasteiger partial charge in [0.15, 0.2) is 5.16 Å². The lowest BCUT2D eigenvalue weighted by molar-refractivity contribution is 0.615. The highest BCUT2D eigenvalue weighted by molar-refractivity contribution is 7.98. The summed E-state index contributed by atoms with van der Waals surface area (Å²) in [7, 11) is 1.92. The lowest BCUT2D eigenvalue weighted by atomic mass is 10.1. The SMILES string of the molecule is Cn1cc(-c2ccccc2)c2nc(SCc3cccc(Cl)c3)n(C3CC3)c(=O)c21. The highest BCUT2D eigenvalue weighted by Gasteiger charge is 2.30. The van der Waals surface area contributed by atoms with Crippen molar-refractivity contribution in [2.45, 2.75) is 29.8 Å². The second-order valence-corrected chi connectivity index (χ2v) is 8.82. The number of thioether (sulfide) groups is 1. The van der Waals surface area contributed by atoms with Gasteiger partial charge in [-0.1, -0.05) is 65.8 Å². The molecule has 0 N–H and O–H groups in total. The number of halogens is 1. The highest BCUT2D eigenvalue weighted by atomic mass is 35.5. The van der Waals surface area contributed by atoms with E-state index in [1.165, 1.54) is 0 Å². The molecule has 146 valence electrons. The fourth-order valence-corrected chi connectivity index (χ4v) is 4.91. The van der Waals surface area contributed by atoms with E-state index in [9.17, 15) is 4.79 Å². The van der Waals surface area contributed by atoms with Gasteiger partial charge in [0, 0.05) is 35.6 Å². The van der Waals surface area contributed by atoms with Crippen molar-refractivity contribution < 1.29 is 0 Å². The molecule has 1 saturated carbocycles. The van der Waals surface area contributed by atoms with Gasteiger partial charge in [0.05, 0.1) is 0 Å². The zero-order valence-corrected chi connectivity index (χ0v) is 17.6. The van der Waals surface area contributed by atoms with Crippen molar-refractivity contribution in [1.29, 1.82) is 0 Å². The van der Waals surface area contributed by atoms with E-state index in [1.54, 1.807) is 11.8 Å². The molecule has 6 heteroatoms. The van der Waals surface area contributed by atoms with E-state index in [1.807, 2.05) is 58.8 Å². The van der Waals surface area contributed by atoms with E-state index in [2.05, 4.69) is 18.2 Å². The molecule has 0 bridgehead atoms. The Hall–Kier alpha value is -2.50. The Labute approximate surface area is 178 Å². The molecule has 4 nitrogen and oxygen atoms in total. The summed E-state index contributed by atoms with van der Waals surface area (Å²) in [5, 5.41) is 1.51. The van der Waals surface area contributed by atoms with Crippen LogP contribution in [0, 0.1) is 0 Å². The number of nitrogens with zero attached hydrogens (tertiary/aromatic N) is 3. The third-order valence-corrected chi connectivity index (χ3v) is 6.50. The van der Waals surface area contributed by atoms with Crippen molar-refractivity contribution >= 4 is 34.4 Å². The Morgan fingerprint density at radius 3 is 2.66 bits per heavy atom. The molecule has 0 spiro atoms. The minimum atomic E-state index is 0.0516. The van der Waals surface area contributed by atoms with Crippen LogP contribution in [0.2, 0.25) is 5.02 Å². The van der Waals surface area contributed by atoms with E-state index in [0.29, 0.717) is 5.52 Å². The van der Waals surface area contributed by atoms with Crippen LogP contribution < -0.4 is 5.56 Å². The maximum absolute atomic E-state index is 13.4. The van der Waals surface area contributed by atoms with Crippen LogP contribution in [0.15, 0.2) is 70.7 Å². The molecule has 0 saturated heterocycles. The summed E-state index contributed by atoms with van der Waals surface area (Å²) < 4.78 is 3.81. The van der Waals surface area contributed by atoms with Gasteiger partial charge in [-0.25, -0.2) is 4.98 Å². The lowest BCUT2D eigenvalue weighted by Gasteiger charge is -2.12. The lowest BCUT2D eigenvalue weighted by Crippen LogP contribution is -2.23. The maximum Gasteiger partial charge on any atom is 0.278 e. The van der Waals surface area contributed by atoms with Crippen molar-refractivity contribution in [3.8, 4) is 11.1 Å². The molecule has 4 aromatic rings. The van der Waals surface area contributed by atoms with Gasteiger partial charge in [-0.2, -0.15) is 0 Å². The molecule has 5 rings (SSSR count). The normalized spacial score (nSPS) is 13.9. The van der Waals surface area contributed by atoms with Crippen LogP contribution in [0.5, 0.6) is 0 Å². The Morgan fingerprint density at radius 2 is 1.93 bits per heavy atom. The van der Waals surface area contributed by atoms with Gasteiger partial charge in [0.2, 0.25) is 0 Å². The van der Waals surface area contributed by atoms with Crippen LogP contribution in [0.4, 0.5) is 0 Å². The standard InChI is InChI=1S/C23H20ClN3OS/c1-26-13-19(16-7-3-2-4-8-16)20-21(26)22(28)27(18-10-11-18)23(25-20)29-14-15-6-5-9-17(24)12-15/h2-9,12-13,18H,10-11,14H2,1H3. The zero-order valence-electron chi connectivity index (χ0n) is 16.0. The summed E-state index contributed by atoms with van der Waals surface area (Å²) in [5.74, 6) is 0.721. The van der Waals surface area contributed by atoms with E-state index in [4.69, 9.17) is 16.6 Å². The van der Waals surface area contributed by atoms with Crippen molar-refractivity contribution in [2.75, 3.05) is 0 Å². The first-order chi connectivity index (χ1) is 14.1. The van der Waals surface area contributed by atoms with Crippen molar-refractivity contribution in [1.82, 2.24) is 14.1 Å². The highest BCUT2D eigenvalue weighted by Crippen LogP contribution is 2.38. The summed E-state index contributed by atoms with van der Waals surface area (Å²) in [6.45, 7) is 0. The summed E-state index contributed by atoms with van der Waals surface area (Å²) in [6.07, 6.45) is 4.08. The summed E-state index contributed by atoms with van der Waals surface area (Å²) >= 11 is 7.73. The quantitative estimate of drug-likeness (QED) is 0.307. The van der Waals surface area contributed by atoms with Crippen LogP contribution in [-0.2, 0) is 12.8 Å². The summed E-state index contributed by atoms with van der Waals surface area (Å²) in [4.78, 5) is 18.4. The second-order valence-electron chi connectivity index (χ2n) is 7.44. The van der Waals surface area contributed by atoms with E-state index < -0.39 is 0 Å². The van der Waals surface area contributed by atoms with Crippen LogP contribution >= 0.6 is 23.4 Å². The summed E-state index contributed by atoms with van der Waals surface area (Å²) in [6, 6.07) is 18.2. The number of rotatable bonds is 5. The number of aryl methyl sites for hydroxylation is 1. The first-order valence-corrected chi connectivity index (χ1v) is 11.0. The molecule has 2 aromatic carbocycles. The summed E-state index contributed by atoms with van der Waals surface area (Å²) in [5.41, 5.74) is 4.68. The van der Waals surface area contributed by atoms with Gasteiger partial charge < -0.3 is 4.57 Å². The molecule has 2 heterocycles. The molecule has 0 aliphatic heterocycles. The van der Waals surface area contributed by atoms with E-state index in [-0.39, 0.29) is 11.6 Å². The molecule has 29 heavy (non-hydrogen) atoms. The van der Waals surface area contributed by atoms with Crippen molar-refractivity contribution in [3.63, 3.8) is 0 Å². The molecule has 1 fully saturated rings. The van der Waals surface area contributed by atoms with Crippen molar-refractivity contribution in [3.05, 3.63) is 81.7 Å². The maximum atomic E-state index is 13.4. The Balaban J connectivity index is 1.64. The fourth-order valence-electron chi connectivity index (χ4n) is 3.69. The molecular formula is C23H20ClN3OS. The molecule has 1 aliphatic rings. The number of fused-ring (bicyclic) bond motifs is 1. The van der Waals surface area contributed by atoms with Gasteiger partial charge in [0.1, 0.15) is 11.0 Å². The third kappa shape index (κ3) is 3.49. The van der Waals surface area contributed by atoms with E-state index >= 15 is 0 Å². The van der Waals surface area contributed by atoms with Gasteiger partial charge >= 0.3 is 0 Å². The predicted octanol–water partition coefficient (Wildman–Crippen LogP) is 5.68. The Kier molecular flexibility index (Phi) is 4.72. The number of hydrogen-bond donors (Lipinski definition) is 0. The fraction of sp³-hybridized carbons (Fsp3) is 0.217. The number of aromatic nitrogens is 3. The minimum absolute atomic E-state index is 0.0516. The monoisotopic (exact) mass is 421 g/mol. The van der Waals surface area contributed by atoms with E-state index in [0.717, 1.165) is 51.0 Å². The van der Waals surface area contributed by atoms with Crippen LogP contribution in [0.25, 0.3) is 22.2 Å². The van der Waals surface area contributed by atoms with Crippen LogP contribution in [0.3, 0.4) is 0 Å². The molecular weight excluding hydrogens is 402 g/mol. The average molecular weight is 422 g/mol. The third-order valence-electron chi connectivity index (χ3n) is 5.24. The largest absolute Gasteiger partial charge is 0.344 e. The number of benzene rings is 2. The van der Waals surface area contributed by atoms with Gasteiger partial charge in [-0.3, -0.25) is 9.36 Å². The van der Waals surface area contributed by atoms with Crippen molar-refractivity contribution in [2.24, 2.45) is 7.05 Å². The van der Waals surface area contributed by atoms with Crippen LogP contribution in [0.1, 0.15) is 24.4 Å². The van der Waals surface area contributed by atoms with Gasteiger partial charge in [-0.05, 0) is 36.1 Å². The number of hydrogen-bond acceptors (Lipinski definition) is 3. The van der Waals surface area contributed by atoms with Crippen LogP contribution in [-0.4, -0.2) is 14.1 Å².